The van der Waals surface area contributed by atoms with Crippen LogP contribution in [0.1, 0.15) is 44.7 Å². The van der Waals surface area contributed by atoms with Crippen molar-refractivity contribution in [1.29, 1.82) is 0 Å². The summed E-state index contributed by atoms with van der Waals surface area (Å²) in [4.78, 5) is 44.3. The van der Waals surface area contributed by atoms with Gasteiger partial charge in [-0.15, -0.1) is 0 Å². The second kappa shape index (κ2) is 10.8. The Morgan fingerprint density at radius 1 is 0.971 bits per heavy atom. The first kappa shape index (κ1) is 25.4. The van der Waals surface area contributed by atoms with Gasteiger partial charge in [0.1, 0.15) is 6.04 Å². The van der Waals surface area contributed by atoms with E-state index in [0.29, 0.717) is 19.3 Å². The monoisotopic (exact) mass is 466 g/mol. The highest BCUT2D eigenvalue weighted by atomic mass is 16.6. The van der Waals surface area contributed by atoms with Gasteiger partial charge in [0.05, 0.1) is 19.1 Å². The Morgan fingerprint density at radius 3 is 2.15 bits per heavy atom. The molecule has 182 valence electrons. The minimum atomic E-state index is -0.814. The molecule has 1 saturated carbocycles. The number of carbonyl (C=O) groups is 3. The van der Waals surface area contributed by atoms with Crippen LogP contribution in [0.25, 0.3) is 0 Å². The van der Waals surface area contributed by atoms with Crippen molar-refractivity contribution in [1.82, 2.24) is 10.8 Å². The Morgan fingerprint density at radius 2 is 1.56 bits per heavy atom. The van der Waals surface area contributed by atoms with Crippen molar-refractivity contribution in [3.8, 4) is 0 Å². The van der Waals surface area contributed by atoms with Gasteiger partial charge in [0.2, 0.25) is 11.8 Å². The molecule has 0 spiro atoms. The molecule has 2 amide bonds. The summed E-state index contributed by atoms with van der Waals surface area (Å²) in [6.45, 7) is 5.97. The quantitative estimate of drug-likeness (QED) is 0.435. The summed E-state index contributed by atoms with van der Waals surface area (Å²) in [5, 5.41) is 2.88. The molecule has 2 N–H and O–H groups in total. The highest BCUT2D eigenvalue weighted by molar-refractivity contribution is 5.89. The van der Waals surface area contributed by atoms with E-state index in [2.05, 4.69) is 10.8 Å². The van der Waals surface area contributed by atoms with Crippen LogP contribution < -0.4 is 10.8 Å². The van der Waals surface area contributed by atoms with Crippen molar-refractivity contribution in [2.24, 2.45) is 16.7 Å². The minimum Gasteiger partial charge on any atom is -0.467 e. The smallest absolute Gasteiger partial charge is 0.328 e. The van der Waals surface area contributed by atoms with Crippen LogP contribution in [0.2, 0.25) is 0 Å². The number of hydroxylamine groups is 1. The molecule has 0 bridgehead atoms. The van der Waals surface area contributed by atoms with Gasteiger partial charge in [0.25, 0.3) is 0 Å². The third-order valence-electron chi connectivity index (χ3n) is 7.38. The van der Waals surface area contributed by atoms with E-state index in [1.807, 2.05) is 81.4 Å². The van der Waals surface area contributed by atoms with E-state index in [1.165, 1.54) is 7.11 Å². The molecule has 1 aliphatic carbocycles. The van der Waals surface area contributed by atoms with Crippen LogP contribution in [0.5, 0.6) is 0 Å². The second-order valence-corrected chi connectivity index (χ2v) is 9.62. The zero-order chi connectivity index (χ0) is 24.8. The molecule has 3 atom stereocenters. The average molecular weight is 467 g/mol. The fourth-order valence-corrected chi connectivity index (χ4v) is 4.70. The van der Waals surface area contributed by atoms with Crippen LogP contribution in [0, 0.1) is 16.7 Å². The van der Waals surface area contributed by atoms with Crippen molar-refractivity contribution in [3.05, 3.63) is 71.8 Å². The number of ether oxygens (including phenoxy) is 1. The zero-order valence-corrected chi connectivity index (χ0v) is 20.3. The fourth-order valence-electron chi connectivity index (χ4n) is 4.70. The topological polar surface area (TPSA) is 93.7 Å². The maximum Gasteiger partial charge on any atom is 0.328 e. The van der Waals surface area contributed by atoms with E-state index in [9.17, 15) is 14.4 Å². The van der Waals surface area contributed by atoms with Gasteiger partial charge in [-0.1, -0.05) is 81.4 Å². The first-order valence-corrected chi connectivity index (χ1v) is 11.6. The van der Waals surface area contributed by atoms with Crippen LogP contribution in [0.4, 0.5) is 0 Å². The SMILES string of the molecule is COC(=O)[C@H](Cc1ccccc1)NC(=O)C1CCC(C)(C(=O)NOCc2ccccc2)C1(C)C. The molecule has 2 unspecified atom stereocenters. The molecule has 0 aromatic heterocycles. The van der Waals surface area contributed by atoms with E-state index in [0.717, 1.165) is 11.1 Å². The lowest BCUT2D eigenvalue weighted by molar-refractivity contribution is -0.152. The van der Waals surface area contributed by atoms with E-state index >= 15 is 0 Å². The number of esters is 1. The number of benzene rings is 2. The number of nitrogens with one attached hydrogen (secondary N) is 2. The minimum absolute atomic E-state index is 0.252. The van der Waals surface area contributed by atoms with Crippen molar-refractivity contribution in [3.63, 3.8) is 0 Å². The summed E-state index contributed by atoms with van der Waals surface area (Å²) in [5.74, 6) is -1.45. The number of hydrogen-bond donors (Lipinski definition) is 2. The zero-order valence-electron chi connectivity index (χ0n) is 20.3. The number of rotatable bonds is 9. The van der Waals surface area contributed by atoms with E-state index in [4.69, 9.17) is 9.57 Å². The van der Waals surface area contributed by atoms with Gasteiger partial charge in [0.15, 0.2) is 0 Å². The summed E-state index contributed by atoms with van der Waals surface area (Å²) < 4.78 is 4.93. The van der Waals surface area contributed by atoms with E-state index in [-0.39, 0.29) is 18.4 Å². The van der Waals surface area contributed by atoms with E-state index in [1.54, 1.807) is 0 Å². The lowest BCUT2D eigenvalue weighted by Crippen LogP contribution is -2.52. The normalized spacial score (nSPS) is 21.9. The average Bonchev–Trinajstić information content (AvgIpc) is 3.09. The summed E-state index contributed by atoms with van der Waals surface area (Å²) in [5.41, 5.74) is 2.98. The first-order valence-electron chi connectivity index (χ1n) is 11.6. The largest absolute Gasteiger partial charge is 0.467 e. The van der Waals surface area contributed by atoms with Gasteiger partial charge < -0.3 is 10.1 Å². The molecule has 2 aromatic carbocycles. The van der Waals surface area contributed by atoms with Crippen molar-refractivity contribution < 1.29 is 24.0 Å². The molecule has 7 heteroatoms. The summed E-state index contributed by atoms with van der Waals surface area (Å²) in [7, 11) is 1.31. The van der Waals surface area contributed by atoms with Crippen LogP contribution in [-0.4, -0.2) is 30.9 Å². The molecule has 2 aromatic rings. The van der Waals surface area contributed by atoms with Crippen LogP contribution in [0.3, 0.4) is 0 Å². The molecule has 3 rings (SSSR count). The summed E-state index contributed by atoms with van der Waals surface area (Å²) in [6.07, 6.45) is 1.39. The third kappa shape index (κ3) is 5.47. The molecule has 34 heavy (non-hydrogen) atoms. The standard InChI is InChI=1S/C27H34N2O5/c1-26(2)21(23(30)28-22(24(31)33-4)17-19-11-7-5-8-12-19)15-16-27(26,3)25(32)29-34-18-20-13-9-6-10-14-20/h5-14,21-22H,15-18H2,1-4H3,(H,28,30)(H,29,32)/t21?,22-,27?/m0/s1. The summed E-state index contributed by atoms with van der Waals surface area (Å²) in [6, 6.07) is 18.2. The first-order chi connectivity index (χ1) is 16.2. The molecule has 1 fully saturated rings. The Kier molecular flexibility index (Phi) is 8.10. The molecule has 1 aliphatic rings. The molecule has 7 nitrogen and oxygen atoms in total. The Hall–Kier alpha value is -3.19. The Balaban J connectivity index is 1.65. The van der Waals surface area contributed by atoms with Crippen molar-refractivity contribution in [2.45, 2.75) is 52.7 Å². The molecular formula is C27H34N2O5. The van der Waals surface area contributed by atoms with Crippen LogP contribution >= 0.6 is 0 Å². The number of hydrogen-bond acceptors (Lipinski definition) is 5. The molecule has 0 saturated heterocycles. The lowest BCUT2D eigenvalue weighted by Gasteiger charge is -2.39. The van der Waals surface area contributed by atoms with Gasteiger partial charge in [-0.25, -0.2) is 10.3 Å². The maximum atomic E-state index is 13.3. The third-order valence-corrected chi connectivity index (χ3v) is 7.38. The number of amides is 2. The Bertz CT molecular complexity index is 993. The highest BCUT2D eigenvalue weighted by Crippen LogP contribution is 2.56. The summed E-state index contributed by atoms with van der Waals surface area (Å²) >= 11 is 0. The number of carbonyl (C=O) groups excluding carboxylic acids is 3. The van der Waals surface area contributed by atoms with Crippen molar-refractivity contribution >= 4 is 17.8 Å². The predicted molar refractivity (Wildman–Crippen MR) is 128 cm³/mol. The fraction of sp³-hybridized carbons (Fsp3) is 0.444. The van der Waals surface area contributed by atoms with Gasteiger partial charge >= 0.3 is 5.97 Å². The predicted octanol–water partition coefficient (Wildman–Crippen LogP) is 3.58. The molecule has 0 heterocycles. The Labute approximate surface area is 201 Å². The van der Waals surface area contributed by atoms with Crippen molar-refractivity contribution in [2.75, 3.05) is 7.11 Å². The van der Waals surface area contributed by atoms with Gasteiger partial charge in [-0.3, -0.25) is 14.4 Å². The van der Waals surface area contributed by atoms with Crippen LogP contribution in [0.15, 0.2) is 60.7 Å². The van der Waals surface area contributed by atoms with Gasteiger partial charge in [0, 0.05) is 12.3 Å². The van der Waals surface area contributed by atoms with E-state index < -0.39 is 28.8 Å². The highest BCUT2D eigenvalue weighted by Gasteiger charge is 2.58. The molecule has 0 aliphatic heterocycles. The van der Waals surface area contributed by atoms with Gasteiger partial charge in [-0.2, -0.15) is 0 Å². The number of methoxy groups -OCH3 is 1. The van der Waals surface area contributed by atoms with Crippen LogP contribution in [-0.2, 0) is 37.0 Å². The lowest BCUT2D eigenvalue weighted by atomic mass is 9.65. The second-order valence-electron chi connectivity index (χ2n) is 9.62. The van der Waals surface area contributed by atoms with Gasteiger partial charge in [-0.05, 0) is 29.4 Å². The molecule has 0 radical (unpaired) electrons. The maximum absolute atomic E-state index is 13.3. The molecular weight excluding hydrogens is 432 g/mol.